The highest BCUT2D eigenvalue weighted by atomic mass is 16.4. The second kappa shape index (κ2) is 4.18. The monoisotopic (exact) mass is 215 g/mol. The third kappa shape index (κ3) is 2.12. The lowest BCUT2D eigenvalue weighted by atomic mass is 10.1. The van der Waals surface area contributed by atoms with Crippen molar-refractivity contribution in [3.05, 3.63) is 0 Å². The molecule has 1 aliphatic rings. The van der Waals surface area contributed by atoms with Crippen LogP contribution in [0, 0.1) is 11.8 Å². The lowest BCUT2D eigenvalue weighted by Gasteiger charge is -2.29. The zero-order chi connectivity index (χ0) is 11.7. The maximum absolute atomic E-state index is 11.7. The normalized spacial score (nSPS) is 28.6. The smallest absolute Gasteiger partial charge is 0.326 e. The van der Waals surface area contributed by atoms with Gasteiger partial charge in [0.25, 0.3) is 0 Å². The van der Waals surface area contributed by atoms with E-state index in [0.29, 0.717) is 0 Å². The second-order valence-corrected chi connectivity index (χ2v) is 4.39. The van der Waals surface area contributed by atoms with Crippen molar-refractivity contribution in [2.24, 2.45) is 11.8 Å². The molecule has 1 amide bonds. The van der Waals surface area contributed by atoms with Crippen LogP contribution in [0.15, 0.2) is 0 Å². The van der Waals surface area contributed by atoms with E-state index in [2.05, 4.69) is 0 Å². The summed E-state index contributed by atoms with van der Waals surface area (Å²) in [5, 5.41) is 18.7. The van der Waals surface area contributed by atoms with Gasteiger partial charge in [-0.05, 0) is 12.3 Å². The van der Waals surface area contributed by atoms with Crippen molar-refractivity contribution in [2.75, 3.05) is 0 Å². The Kier molecular flexibility index (Phi) is 3.34. The van der Waals surface area contributed by atoms with E-state index in [9.17, 15) is 14.7 Å². The summed E-state index contributed by atoms with van der Waals surface area (Å²) in [6.45, 7) is 5.19. The van der Waals surface area contributed by atoms with Crippen molar-refractivity contribution >= 4 is 11.9 Å². The average Bonchev–Trinajstić information content (AvgIpc) is 2.42. The van der Waals surface area contributed by atoms with Crippen LogP contribution in [0.4, 0.5) is 0 Å². The molecule has 0 aromatic carbocycles. The minimum Gasteiger partial charge on any atom is -0.480 e. The standard InChI is InChI=1S/C10H17NO4/c1-5(2)8(12)11-7(10(14)15)4-6(3)9(11)13/h5-8,12H,4H2,1-3H3,(H,14,15). The fraction of sp³-hybridized carbons (Fsp3) is 0.800. The third-order valence-electron chi connectivity index (χ3n) is 2.75. The molecule has 5 nitrogen and oxygen atoms in total. The van der Waals surface area contributed by atoms with E-state index in [1.54, 1.807) is 20.8 Å². The fourth-order valence-electron chi connectivity index (χ4n) is 1.81. The van der Waals surface area contributed by atoms with Gasteiger partial charge in [-0.25, -0.2) is 4.79 Å². The number of carboxylic acid groups (broad SMARTS) is 1. The molecule has 1 saturated heterocycles. The highest BCUT2D eigenvalue weighted by Crippen LogP contribution is 2.28. The highest BCUT2D eigenvalue weighted by Gasteiger charge is 2.44. The van der Waals surface area contributed by atoms with Crippen LogP contribution < -0.4 is 0 Å². The number of rotatable bonds is 3. The summed E-state index contributed by atoms with van der Waals surface area (Å²) < 4.78 is 0. The topological polar surface area (TPSA) is 77.8 Å². The molecule has 0 radical (unpaired) electrons. The summed E-state index contributed by atoms with van der Waals surface area (Å²) in [7, 11) is 0. The zero-order valence-electron chi connectivity index (χ0n) is 9.17. The molecule has 1 fully saturated rings. The van der Waals surface area contributed by atoms with Crippen LogP contribution in [0.2, 0.25) is 0 Å². The predicted octanol–water partition coefficient (Wildman–Crippen LogP) is 0.282. The molecule has 0 aliphatic carbocycles. The first-order chi connectivity index (χ1) is 6.86. The van der Waals surface area contributed by atoms with Crippen LogP contribution in [-0.2, 0) is 9.59 Å². The SMILES string of the molecule is CC1CC(C(=O)O)N(C(O)C(C)C)C1=O. The molecule has 5 heteroatoms. The first kappa shape index (κ1) is 12.0. The Morgan fingerprint density at radius 1 is 1.53 bits per heavy atom. The number of amides is 1. The van der Waals surface area contributed by atoms with Gasteiger partial charge >= 0.3 is 5.97 Å². The molecule has 1 rings (SSSR count). The molecule has 3 unspecified atom stereocenters. The lowest BCUT2D eigenvalue weighted by Crippen LogP contribution is -2.48. The van der Waals surface area contributed by atoms with Crippen LogP contribution >= 0.6 is 0 Å². The molecule has 0 saturated carbocycles. The number of nitrogens with zero attached hydrogens (tertiary/aromatic N) is 1. The molecule has 0 aromatic rings. The number of aliphatic hydroxyl groups excluding tert-OH is 1. The van der Waals surface area contributed by atoms with Crippen molar-refractivity contribution < 1.29 is 19.8 Å². The Bertz CT molecular complexity index is 277. The summed E-state index contributed by atoms with van der Waals surface area (Å²) >= 11 is 0. The highest BCUT2D eigenvalue weighted by molar-refractivity contribution is 5.89. The van der Waals surface area contributed by atoms with E-state index in [1.165, 1.54) is 0 Å². The summed E-state index contributed by atoms with van der Waals surface area (Å²) in [6.07, 6.45) is -0.735. The van der Waals surface area contributed by atoms with E-state index in [-0.39, 0.29) is 24.2 Å². The molecule has 3 atom stereocenters. The van der Waals surface area contributed by atoms with Crippen LogP contribution in [0.25, 0.3) is 0 Å². The quantitative estimate of drug-likeness (QED) is 0.709. The number of carbonyl (C=O) groups excluding carboxylic acids is 1. The van der Waals surface area contributed by atoms with Crippen molar-refractivity contribution in [1.29, 1.82) is 0 Å². The van der Waals surface area contributed by atoms with Crippen molar-refractivity contribution in [3.8, 4) is 0 Å². The van der Waals surface area contributed by atoms with Gasteiger partial charge in [-0.2, -0.15) is 0 Å². The van der Waals surface area contributed by atoms with Gasteiger partial charge in [0.1, 0.15) is 12.3 Å². The largest absolute Gasteiger partial charge is 0.480 e. The Morgan fingerprint density at radius 2 is 2.07 bits per heavy atom. The van der Waals surface area contributed by atoms with E-state index in [0.717, 1.165) is 4.90 Å². The Morgan fingerprint density at radius 3 is 2.47 bits per heavy atom. The molecular weight excluding hydrogens is 198 g/mol. The van der Waals surface area contributed by atoms with Crippen molar-refractivity contribution in [3.63, 3.8) is 0 Å². The van der Waals surface area contributed by atoms with E-state index in [4.69, 9.17) is 5.11 Å². The van der Waals surface area contributed by atoms with Gasteiger partial charge in [-0.15, -0.1) is 0 Å². The Balaban J connectivity index is 2.91. The van der Waals surface area contributed by atoms with Gasteiger partial charge in [0.05, 0.1) is 0 Å². The first-order valence-corrected chi connectivity index (χ1v) is 5.09. The lowest BCUT2D eigenvalue weighted by molar-refractivity contribution is -0.157. The summed E-state index contributed by atoms with van der Waals surface area (Å²) in [6, 6.07) is -0.884. The van der Waals surface area contributed by atoms with Gasteiger partial charge in [0.15, 0.2) is 0 Å². The van der Waals surface area contributed by atoms with Crippen LogP contribution in [0.1, 0.15) is 27.2 Å². The Labute approximate surface area is 88.7 Å². The number of hydrogen-bond donors (Lipinski definition) is 2. The van der Waals surface area contributed by atoms with Crippen LogP contribution in [0.5, 0.6) is 0 Å². The molecule has 86 valence electrons. The molecule has 0 spiro atoms. The minimum absolute atomic E-state index is 0.166. The molecule has 0 bridgehead atoms. The van der Waals surface area contributed by atoms with E-state index >= 15 is 0 Å². The van der Waals surface area contributed by atoms with Gasteiger partial charge < -0.3 is 15.1 Å². The first-order valence-electron chi connectivity index (χ1n) is 5.09. The van der Waals surface area contributed by atoms with Crippen molar-refractivity contribution in [2.45, 2.75) is 39.5 Å². The number of carboxylic acids is 1. The molecule has 1 aliphatic heterocycles. The predicted molar refractivity (Wildman–Crippen MR) is 52.9 cm³/mol. The molecule has 0 aromatic heterocycles. The summed E-state index contributed by atoms with van der Waals surface area (Å²) in [5.74, 6) is -1.81. The maximum Gasteiger partial charge on any atom is 0.326 e. The minimum atomic E-state index is -1.05. The third-order valence-corrected chi connectivity index (χ3v) is 2.75. The summed E-state index contributed by atoms with van der Waals surface area (Å²) in [4.78, 5) is 23.7. The van der Waals surface area contributed by atoms with Gasteiger partial charge in [-0.1, -0.05) is 20.8 Å². The average molecular weight is 215 g/mol. The van der Waals surface area contributed by atoms with E-state index in [1.807, 2.05) is 0 Å². The fourth-order valence-corrected chi connectivity index (χ4v) is 1.81. The van der Waals surface area contributed by atoms with Crippen LogP contribution in [0.3, 0.4) is 0 Å². The number of carbonyl (C=O) groups is 2. The number of aliphatic hydroxyl groups is 1. The number of likely N-dealkylation sites (tertiary alicyclic amines) is 1. The van der Waals surface area contributed by atoms with E-state index < -0.39 is 18.2 Å². The van der Waals surface area contributed by atoms with Gasteiger partial charge in [0.2, 0.25) is 5.91 Å². The van der Waals surface area contributed by atoms with Gasteiger partial charge in [-0.3, -0.25) is 4.79 Å². The molecular formula is C10H17NO4. The number of aliphatic carboxylic acids is 1. The van der Waals surface area contributed by atoms with Crippen molar-refractivity contribution in [1.82, 2.24) is 4.90 Å². The summed E-state index contributed by atoms with van der Waals surface area (Å²) in [5.41, 5.74) is 0. The van der Waals surface area contributed by atoms with Crippen LogP contribution in [-0.4, -0.2) is 39.3 Å². The second-order valence-electron chi connectivity index (χ2n) is 4.39. The van der Waals surface area contributed by atoms with Gasteiger partial charge in [0, 0.05) is 5.92 Å². The number of hydrogen-bond acceptors (Lipinski definition) is 3. The molecule has 15 heavy (non-hydrogen) atoms. The zero-order valence-corrected chi connectivity index (χ0v) is 9.17. The Hall–Kier alpha value is -1.10. The molecule has 1 heterocycles. The maximum atomic E-state index is 11.7. The molecule has 2 N–H and O–H groups in total.